The SMILES string of the molecule is CC(C)(C)NCCC1(Oc2cc(Cl)ccc2Cl)CCC1. The Morgan fingerprint density at radius 1 is 1.25 bits per heavy atom. The summed E-state index contributed by atoms with van der Waals surface area (Å²) in [6.45, 7) is 7.47. The van der Waals surface area contributed by atoms with E-state index in [4.69, 9.17) is 27.9 Å². The number of benzene rings is 1. The van der Waals surface area contributed by atoms with Crippen LogP contribution in [0.5, 0.6) is 5.75 Å². The summed E-state index contributed by atoms with van der Waals surface area (Å²) in [6, 6.07) is 5.38. The van der Waals surface area contributed by atoms with Crippen molar-refractivity contribution in [2.45, 2.75) is 57.6 Å². The molecule has 20 heavy (non-hydrogen) atoms. The van der Waals surface area contributed by atoms with E-state index in [2.05, 4.69) is 26.1 Å². The first-order valence-electron chi connectivity index (χ1n) is 7.19. The Hall–Kier alpha value is -0.440. The Balaban J connectivity index is 1.99. The zero-order valence-corrected chi connectivity index (χ0v) is 13.9. The first-order chi connectivity index (χ1) is 9.30. The van der Waals surface area contributed by atoms with Gasteiger partial charge in [0.25, 0.3) is 0 Å². The third-order valence-corrected chi connectivity index (χ3v) is 4.27. The molecule has 4 heteroatoms. The summed E-state index contributed by atoms with van der Waals surface area (Å²) < 4.78 is 6.21. The maximum Gasteiger partial charge on any atom is 0.140 e. The number of hydrogen-bond acceptors (Lipinski definition) is 2. The second kappa shape index (κ2) is 6.13. The zero-order valence-electron chi connectivity index (χ0n) is 12.4. The molecule has 1 aliphatic rings. The highest BCUT2D eigenvalue weighted by molar-refractivity contribution is 6.34. The van der Waals surface area contributed by atoms with Crippen molar-refractivity contribution in [1.29, 1.82) is 0 Å². The van der Waals surface area contributed by atoms with E-state index in [-0.39, 0.29) is 11.1 Å². The average molecular weight is 316 g/mol. The van der Waals surface area contributed by atoms with Gasteiger partial charge < -0.3 is 10.1 Å². The van der Waals surface area contributed by atoms with Crippen molar-refractivity contribution in [3.8, 4) is 5.75 Å². The molecule has 0 saturated heterocycles. The van der Waals surface area contributed by atoms with E-state index in [9.17, 15) is 0 Å². The van der Waals surface area contributed by atoms with Crippen LogP contribution in [0, 0.1) is 0 Å². The molecule has 0 amide bonds. The normalized spacial score (nSPS) is 17.6. The first kappa shape index (κ1) is 15.9. The maximum absolute atomic E-state index is 6.21. The Labute approximate surface area is 131 Å². The van der Waals surface area contributed by atoms with Gasteiger partial charge in [-0.25, -0.2) is 0 Å². The van der Waals surface area contributed by atoms with Gasteiger partial charge in [-0.1, -0.05) is 23.2 Å². The van der Waals surface area contributed by atoms with Crippen molar-refractivity contribution in [3.05, 3.63) is 28.2 Å². The molecule has 0 bridgehead atoms. The van der Waals surface area contributed by atoms with Crippen LogP contribution in [0.4, 0.5) is 0 Å². The van der Waals surface area contributed by atoms with E-state index < -0.39 is 0 Å². The third kappa shape index (κ3) is 4.28. The van der Waals surface area contributed by atoms with Gasteiger partial charge in [-0.15, -0.1) is 0 Å². The Bertz CT molecular complexity index is 464. The summed E-state index contributed by atoms with van der Waals surface area (Å²) in [5, 5.41) is 4.81. The molecule has 1 fully saturated rings. The number of nitrogens with one attached hydrogen (secondary N) is 1. The van der Waals surface area contributed by atoms with Crippen LogP contribution < -0.4 is 10.1 Å². The van der Waals surface area contributed by atoms with Crippen molar-refractivity contribution in [2.75, 3.05) is 6.54 Å². The average Bonchev–Trinajstić information content (AvgIpc) is 2.28. The van der Waals surface area contributed by atoms with Gasteiger partial charge in [0.1, 0.15) is 11.4 Å². The molecule has 112 valence electrons. The van der Waals surface area contributed by atoms with Crippen molar-refractivity contribution in [1.82, 2.24) is 5.32 Å². The minimum absolute atomic E-state index is 0.0768. The lowest BCUT2D eigenvalue weighted by Gasteiger charge is -2.43. The van der Waals surface area contributed by atoms with Gasteiger partial charge in [0.15, 0.2) is 0 Å². The molecule has 1 aromatic rings. The van der Waals surface area contributed by atoms with Crippen LogP contribution in [0.15, 0.2) is 18.2 Å². The van der Waals surface area contributed by atoms with Gasteiger partial charge in [0.2, 0.25) is 0 Å². The number of rotatable bonds is 5. The monoisotopic (exact) mass is 315 g/mol. The van der Waals surface area contributed by atoms with Crippen molar-refractivity contribution < 1.29 is 4.74 Å². The smallest absolute Gasteiger partial charge is 0.140 e. The van der Waals surface area contributed by atoms with E-state index in [1.807, 2.05) is 0 Å². The van der Waals surface area contributed by atoms with Crippen LogP contribution in [0.3, 0.4) is 0 Å². The highest BCUT2D eigenvalue weighted by atomic mass is 35.5. The van der Waals surface area contributed by atoms with Crippen LogP contribution in [-0.2, 0) is 0 Å². The Kier molecular flexibility index (Phi) is 4.88. The number of ether oxygens (including phenoxy) is 1. The fourth-order valence-corrected chi connectivity index (χ4v) is 2.75. The van der Waals surface area contributed by atoms with Crippen LogP contribution in [0.2, 0.25) is 10.0 Å². The van der Waals surface area contributed by atoms with Gasteiger partial charge in [-0.05, 0) is 65.1 Å². The number of hydrogen-bond donors (Lipinski definition) is 1. The highest BCUT2D eigenvalue weighted by Crippen LogP contribution is 2.41. The second-order valence-electron chi connectivity index (χ2n) is 6.64. The van der Waals surface area contributed by atoms with Gasteiger partial charge in [0.05, 0.1) is 5.02 Å². The van der Waals surface area contributed by atoms with E-state index in [1.54, 1.807) is 18.2 Å². The van der Waals surface area contributed by atoms with E-state index in [0.717, 1.165) is 25.8 Å². The van der Waals surface area contributed by atoms with Crippen LogP contribution in [0.1, 0.15) is 46.5 Å². The lowest BCUT2D eigenvalue weighted by atomic mass is 9.77. The maximum atomic E-state index is 6.21. The molecular weight excluding hydrogens is 293 g/mol. The Morgan fingerprint density at radius 3 is 2.50 bits per heavy atom. The molecule has 0 aliphatic heterocycles. The molecule has 0 heterocycles. The predicted molar refractivity (Wildman–Crippen MR) is 86.0 cm³/mol. The van der Waals surface area contributed by atoms with Crippen LogP contribution in [0.25, 0.3) is 0 Å². The molecule has 2 nitrogen and oxygen atoms in total. The molecule has 2 rings (SSSR count). The van der Waals surface area contributed by atoms with E-state index in [1.165, 1.54) is 6.42 Å². The van der Waals surface area contributed by atoms with Crippen molar-refractivity contribution >= 4 is 23.2 Å². The van der Waals surface area contributed by atoms with Gasteiger partial charge in [-0.3, -0.25) is 0 Å². The molecule has 1 saturated carbocycles. The topological polar surface area (TPSA) is 21.3 Å². The fraction of sp³-hybridized carbons (Fsp3) is 0.625. The largest absolute Gasteiger partial charge is 0.486 e. The van der Waals surface area contributed by atoms with Crippen molar-refractivity contribution in [2.24, 2.45) is 0 Å². The molecule has 0 atom stereocenters. The fourth-order valence-electron chi connectivity index (χ4n) is 2.43. The standard InChI is InChI=1S/C16H23Cl2NO/c1-15(2,3)19-10-9-16(7-4-8-16)20-14-11-12(17)5-6-13(14)18/h5-6,11,19H,4,7-10H2,1-3H3. The Morgan fingerprint density at radius 2 is 1.95 bits per heavy atom. The van der Waals surface area contributed by atoms with Gasteiger partial charge in [0, 0.05) is 16.6 Å². The molecular formula is C16H23Cl2NO. The van der Waals surface area contributed by atoms with Gasteiger partial charge in [-0.2, -0.15) is 0 Å². The summed E-state index contributed by atoms with van der Waals surface area (Å²) in [5.41, 5.74) is 0.0607. The lowest BCUT2D eigenvalue weighted by Crippen LogP contribution is -2.47. The minimum Gasteiger partial charge on any atom is -0.486 e. The molecule has 1 N–H and O–H groups in total. The third-order valence-electron chi connectivity index (χ3n) is 3.72. The molecule has 0 radical (unpaired) electrons. The molecule has 0 spiro atoms. The summed E-state index contributed by atoms with van der Waals surface area (Å²) in [4.78, 5) is 0. The summed E-state index contributed by atoms with van der Waals surface area (Å²) in [7, 11) is 0. The van der Waals surface area contributed by atoms with Crippen LogP contribution in [-0.4, -0.2) is 17.7 Å². The lowest BCUT2D eigenvalue weighted by molar-refractivity contribution is -0.0151. The first-order valence-corrected chi connectivity index (χ1v) is 7.94. The molecule has 1 aromatic carbocycles. The summed E-state index contributed by atoms with van der Waals surface area (Å²) >= 11 is 12.2. The molecule has 0 unspecified atom stereocenters. The predicted octanol–water partition coefficient (Wildman–Crippen LogP) is 5.07. The molecule has 1 aliphatic carbocycles. The zero-order chi connectivity index (χ0) is 14.8. The highest BCUT2D eigenvalue weighted by Gasteiger charge is 2.39. The summed E-state index contributed by atoms with van der Waals surface area (Å²) in [6.07, 6.45) is 4.38. The number of halogens is 2. The van der Waals surface area contributed by atoms with Crippen molar-refractivity contribution in [3.63, 3.8) is 0 Å². The quantitative estimate of drug-likeness (QED) is 0.818. The van der Waals surface area contributed by atoms with Gasteiger partial charge >= 0.3 is 0 Å². The van der Waals surface area contributed by atoms with E-state index >= 15 is 0 Å². The second-order valence-corrected chi connectivity index (χ2v) is 7.48. The van der Waals surface area contributed by atoms with E-state index in [0.29, 0.717) is 15.8 Å². The molecule has 0 aromatic heterocycles. The minimum atomic E-state index is -0.0768. The van der Waals surface area contributed by atoms with Crippen LogP contribution >= 0.6 is 23.2 Å². The summed E-state index contributed by atoms with van der Waals surface area (Å²) in [5.74, 6) is 0.703.